The number of amides is 2. The van der Waals surface area contributed by atoms with Gasteiger partial charge in [-0.1, -0.05) is 26.8 Å². The number of rotatable bonds is 7. The maximum atomic E-state index is 11.8. The molecule has 0 bridgehead atoms. The Kier molecular flexibility index (Phi) is 6.82. The zero-order valence-electron chi connectivity index (χ0n) is 13.7. The van der Waals surface area contributed by atoms with E-state index in [4.69, 9.17) is 4.74 Å². The van der Waals surface area contributed by atoms with Crippen LogP contribution >= 0.6 is 0 Å². The van der Waals surface area contributed by atoms with E-state index in [-0.39, 0.29) is 18.2 Å². The lowest BCUT2D eigenvalue weighted by Crippen LogP contribution is -2.37. The molecule has 122 valence electrons. The second-order valence-corrected chi connectivity index (χ2v) is 5.93. The Bertz CT molecular complexity index is 510. The Hall–Kier alpha value is -2.11. The highest BCUT2D eigenvalue weighted by atomic mass is 16.5. The normalized spacial score (nSPS) is 10.9. The molecule has 1 aromatic heterocycles. The average molecular weight is 307 g/mol. The molecule has 6 heteroatoms. The minimum absolute atomic E-state index is 0.0637. The topological polar surface area (TPSA) is 80.3 Å². The van der Waals surface area contributed by atoms with Crippen molar-refractivity contribution in [2.75, 3.05) is 13.2 Å². The van der Waals surface area contributed by atoms with E-state index < -0.39 is 5.41 Å². The van der Waals surface area contributed by atoms with Gasteiger partial charge in [-0.3, -0.25) is 9.59 Å². The smallest absolute Gasteiger partial charge is 0.225 e. The summed E-state index contributed by atoms with van der Waals surface area (Å²) in [6, 6.07) is 3.66. The Labute approximate surface area is 131 Å². The number of nitrogens with one attached hydrogen (secondary N) is 2. The van der Waals surface area contributed by atoms with Gasteiger partial charge in [0.05, 0.1) is 6.61 Å². The van der Waals surface area contributed by atoms with Crippen LogP contribution < -0.4 is 15.4 Å². The van der Waals surface area contributed by atoms with Gasteiger partial charge in [0.15, 0.2) is 0 Å². The van der Waals surface area contributed by atoms with Gasteiger partial charge in [0.1, 0.15) is 0 Å². The average Bonchev–Trinajstić information content (AvgIpc) is 2.45. The first-order valence-corrected chi connectivity index (χ1v) is 7.46. The number of carbonyl (C=O) groups is 2. The maximum Gasteiger partial charge on any atom is 0.225 e. The van der Waals surface area contributed by atoms with Crippen molar-refractivity contribution < 1.29 is 14.3 Å². The monoisotopic (exact) mass is 307 g/mol. The minimum Gasteiger partial charge on any atom is -0.478 e. The lowest BCUT2D eigenvalue weighted by Gasteiger charge is -2.17. The molecule has 0 aromatic carbocycles. The zero-order chi connectivity index (χ0) is 16.6. The van der Waals surface area contributed by atoms with Crippen molar-refractivity contribution in [1.82, 2.24) is 15.6 Å². The Morgan fingerprint density at radius 2 is 2.00 bits per heavy atom. The third kappa shape index (κ3) is 6.11. The van der Waals surface area contributed by atoms with Crippen LogP contribution in [0.1, 0.15) is 39.7 Å². The van der Waals surface area contributed by atoms with Gasteiger partial charge in [0, 0.05) is 36.7 Å². The number of nitrogens with zero attached hydrogens (tertiary/aromatic N) is 1. The first-order valence-electron chi connectivity index (χ1n) is 7.46. The molecule has 0 fully saturated rings. The van der Waals surface area contributed by atoms with Crippen molar-refractivity contribution in [3.63, 3.8) is 0 Å². The van der Waals surface area contributed by atoms with Crippen molar-refractivity contribution >= 4 is 11.8 Å². The quantitative estimate of drug-likeness (QED) is 0.802. The molecule has 2 amide bonds. The van der Waals surface area contributed by atoms with Gasteiger partial charge >= 0.3 is 0 Å². The molecule has 0 aliphatic carbocycles. The van der Waals surface area contributed by atoms with Crippen LogP contribution in [0.3, 0.4) is 0 Å². The largest absolute Gasteiger partial charge is 0.478 e. The summed E-state index contributed by atoms with van der Waals surface area (Å²) in [4.78, 5) is 27.6. The van der Waals surface area contributed by atoms with Crippen molar-refractivity contribution in [2.24, 2.45) is 5.41 Å². The Morgan fingerprint density at radius 3 is 2.64 bits per heavy atom. The van der Waals surface area contributed by atoms with Gasteiger partial charge in [-0.25, -0.2) is 4.98 Å². The highest BCUT2D eigenvalue weighted by molar-refractivity contribution is 5.82. The van der Waals surface area contributed by atoms with Gasteiger partial charge in [0.25, 0.3) is 0 Å². The molecule has 1 heterocycles. The van der Waals surface area contributed by atoms with Crippen LogP contribution in [0.15, 0.2) is 18.3 Å². The molecular weight excluding hydrogens is 282 g/mol. The van der Waals surface area contributed by atoms with E-state index in [0.717, 1.165) is 5.56 Å². The van der Waals surface area contributed by atoms with Crippen molar-refractivity contribution in [3.05, 3.63) is 23.9 Å². The molecule has 0 saturated heterocycles. The van der Waals surface area contributed by atoms with E-state index in [1.165, 1.54) is 0 Å². The molecule has 6 nitrogen and oxygen atoms in total. The van der Waals surface area contributed by atoms with Gasteiger partial charge in [-0.05, 0) is 13.0 Å². The van der Waals surface area contributed by atoms with Crippen LogP contribution in [-0.4, -0.2) is 29.9 Å². The number of pyridine rings is 1. The second-order valence-electron chi connectivity index (χ2n) is 5.93. The van der Waals surface area contributed by atoms with E-state index in [0.29, 0.717) is 25.6 Å². The fraction of sp³-hybridized carbons (Fsp3) is 0.562. The highest BCUT2D eigenvalue weighted by Gasteiger charge is 2.20. The van der Waals surface area contributed by atoms with E-state index in [1.54, 1.807) is 12.3 Å². The van der Waals surface area contributed by atoms with Crippen molar-refractivity contribution in [3.8, 4) is 5.88 Å². The SMILES string of the molecule is CCOc1ncccc1CNC(=O)CCNC(=O)C(C)(C)C. The predicted octanol–water partition coefficient (Wildman–Crippen LogP) is 1.65. The van der Waals surface area contributed by atoms with E-state index >= 15 is 0 Å². The lowest BCUT2D eigenvalue weighted by atomic mass is 9.96. The van der Waals surface area contributed by atoms with Crippen LogP contribution in [0.4, 0.5) is 0 Å². The molecule has 2 N–H and O–H groups in total. The standard InChI is InChI=1S/C16H25N3O3/c1-5-22-14-12(7-6-9-17-14)11-19-13(20)8-10-18-15(21)16(2,3)4/h6-7,9H,5,8,10-11H2,1-4H3,(H,18,21)(H,19,20). The fourth-order valence-electron chi connectivity index (χ4n) is 1.66. The summed E-state index contributed by atoms with van der Waals surface area (Å²) in [6.07, 6.45) is 1.89. The van der Waals surface area contributed by atoms with Gasteiger partial charge in [0.2, 0.25) is 17.7 Å². The molecular formula is C16H25N3O3. The van der Waals surface area contributed by atoms with Crippen LogP contribution in [0.5, 0.6) is 5.88 Å². The number of ether oxygens (including phenoxy) is 1. The molecule has 0 radical (unpaired) electrons. The maximum absolute atomic E-state index is 11.8. The molecule has 22 heavy (non-hydrogen) atoms. The van der Waals surface area contributed by atoms with E-state index in [1.807, 2.05) is 33.8 Å². The van der Waals surface area contributed by atoms with Gasteiger partial charge in [-0.2, -0.15) is 0 Å². The lowest BCUT2D eigenvalue weighted by molar-refractivity contribution is -0.128. The molecule has 0 atom stereocenters. The summed E-state index contributed by atoms with van der Waals surface area (Å²) in [5.41, 5.74) is 0.384. The van der Waals surface area contributed by atoms with Crippen molar-refractivity contribution in [1.29, 1.82) is 0 Å². The van der Waals surface area contributed by atoms with Crippen molar-refractivity contribution in [2.45, 2.75) is 40.7 Å². The molecule has 1 rings (SSSR count). The molecule has 1 aromatic rings. The van der Waals surface area contributed by atoms with E-state index in [2.05, 4.69) is 15.6 Å². The van der Waals surface area contributed by atoms with Crippen LogP contribution in [-0.2, 0) is 16.1 Å². The number of hydrogen-bond acceptors (Lipinski definition) is 4. The highest BCUT2D eigenvalue weighted by Crippen LogP contribution is 2.14. The summed E-state index contributed by atoms with van der Waals surface area (Å²) < 4.78 is 5.40. The van der Waals surface area contributed by atoms with Crippen LogP contribution in [0, 0.1) is 5.41 Å². The van der Waals surface area contributed by atoms with Crippen LogP contribution in [0.25, 0.3) is 0 Å². The number of carbonyl (C=O) groups excluding carboxylic acids is 2. The fourth-order valence-corrected chi connectivity index (χ4v) is 1.66. The number of hydrogen-bond donors (Lipinski definition) is 2. The molecule has 0 saturated carbocycles. The predicted molar refractivity (Wildman–Crippen MR) is 84.3 cm³/mol. The minimum atomic E-state index is -0.446. The summed E-state index contributed by atoms with van der Waals surface area (Å²) in [5.74, 6) is 0.345. The zero-order valence-corrected chi connectivity index (χ0v) is 13.7. The summed E-state index contributed by atoms with van der Waals surface area (Å²) in [6.45, 7) is 8.59. The third-order valence-corrected chi connectivity index (χ3v) is 2.93. The van der Waals surface area contributed by atoms with Crippen LogP contribution in [0.2, 0.25) is 0 Å². The Morgan fingerprint density at radius 1 is 1.27 bits per heavy atom. The molecule has 0 aliphatic heterocycles. The van der Waals surface area contributed by atoms with Gasteiger partial charge < -0.3 is 15.4 Å². The first kappa shape index (κ1) is 17.9. The third-order valence-electron chi connectivity index (χ3n) is 2.93. The van der Waals surface area contributed by atoms with E-state index in [9.17, 15) is 9.59 Å². The molecule has 0 unspecified atom stereocenters. The Balaban J connectivity index is 2.36. The molecule has 0 aliphatic rings. The second kappa shape index (κ2) is 8.36. The summed E-state index contributed by atoms with van der Waals surface area (Å²) in [7, 11) is 0. The summed E-state index contributed by atoms with van der Waals surface area (Å²) in [5, 5.41) is 5.55. The summed E-state index contributed by atoms with van der Waals surface area (Å²) >= 11 is 0. The number of aromatic nitrogens is 1. The molecule has 0 spiro atoms. The first-order chi connectivity index (χ1) is 10.3. The van der Waals surface area contributed by atoms with Gasteiger partial charge in [-0.15, -0.1) is 0 Å².